The third-order valence-electron chi connectivity index (χ3n) is 3.09. The van der Waals surface area contributed by atoms with E-state index in [1.165, 1.54) is 0 Å². The Morgan fingerprint density at radius 2 is 1.93 bits per heavy atom. The number of benzene rings is 1. The van der Waals surface area contributed by atoms with Gasteiger partial charge in [-0.1, -0.05) is 30.3 Å². The minimum absolute atomic E-state index is 0.122. The van der Waals surface area contributed by atoms with Crippen LogP contribution in [0.2, 0.25) is 0 Å². The molecule has 0 bridgehead atoms. The van der Waals surface area contributed by atoms with E-state index < -0.39 is 7.59 Å². The number of hydrazine groups is 1. The second-order valence-electron chi connectivity index (χ2n) is 3.73. The van der Waals surface area contributed by atoms with Crippen LogP contribution >= 0.6 is 7.59 Å². The smallest absolute Gasteiger partial charge is 0.301 e. The Bertz CT molecular complexity index is 464. The van der Waals surface area contributed by atoms with Gasteiger partial charge in [-0.15, -0.1) is 9.56 Å². The number of nitrogens with zero attached hydrogens (tertiary/aromatic N) is 3. The van der Waals surface area contributed by atoms with Crippen LogP contribution in [0.15, 0.2) is 30.3 Å². The normalized spacial score (nSPS) is 52.9. The van der Waals surface area contributed by atoms with Crippen LogP contribution in [-0.4, -0.2) is 20.5 Å². The van der Waals surface area contributed by atoms with Crippen molar-refractivity contribution in [3.63, 3.8) is 0 Å². The van der Waals surface area contributed by atoms with Gasteiger partial charge in [-0.05, 0) is 5.56 Å². The molecule has 14 heavy (non-hydrogen) atoms. The second-order valence-corrected chi connectivity index (χ2v) is 6.04. The molecule has 0 aliphatic carbocycles. The van der Waals surface area contributed by atoms with Crippen molar-refractivity contribution in [1.29, 1.82) is 0 Å². The van der Waals surface area contributed by atoms with Gasteiger partial charge >= 0.3 is 7.59 Å². The minimum atomic E-state index is -2.20. The Morgan fingerprint density at radius 3 is 2.43 bits per heavy atom. The molecule has 0 amide bonds. The second kappa shape index (κ2) is 1.96. The molecule has 3 aliphatic heterocycles. The molecule has 3 aliphatic rings. The Kier molecular flexibility index (Phi) is 1.06. The molecule has 0 saturated carbocycles. The highest BCUT2D eigenvalue weighted by Gasteiger charge is 2.89. The number of fused-ring (bicyclic) bond motifs is 1. The Labute approximate surface area is 81.2 Å². The zero-order chi connectivity index (χ0) is 9.50. The molecule has 2 N–H and O–H groups in total. The van der Waals surface area contributed by atoms with Crippen LogP contribution in [0.25, 0.3) is 0 Å². The Morgan fingerprint density at radius 1 is 1.21 bits per heavy atom. The number of rotatable bonds is 1. The van der Waals surface area contributed by atoms with Gasteiger partial charge in [-0.3, -0.25) is 4.57 Å². The van der Waals surface area contributed by atoms with Crippen molar-refractivity contribution in [2.75, 3.05) is 0 Å². The Hall–Kier alpha value is -0.710. The largest absolute Gasteiger partial charge is 0.323 e. The maximum Gasteiger partial charge on any atom is 0.323 e. The summed E-state index contributed by atoms with van der Waals surface area (Å²) < 4.78 is 17.4. The van der Waals surface area contributed by atoms with Crippen LogP contribution < -0.4 is 5.73 Å². The van der Waals surface area contributed by atoms with Crippen molar-refractivity contribution in [2.45, 2.75) is 12.5 Å². The molecule has 0 spiro atoms. The molecule has 1 aromatic rings. The molecular weight excluding hydrogens is 199 g/mol. The van der Waals surface area contributed by atoms with Gasteiger partial charge in [0.1, 0.15) is 12.5 Å². The lowest BCUT2D eigenvalue weighted by molar-refractivity contribution is 0.197. The van der Waals surface area contributed by atoms with E-state index in [-0.39, 0.29) is 12.5 Å². The molecule has 3 fully saturated rings. The van der Waals surface area contributed by atoms with Gasteiger partial charge in [0.05, 0.1) is 0 Å². The SMILES string of the molecule is NC1N2C(c3ccccc3)N3N1P23=O. The molecule has 0 aromatic heterocycles. The highest BCUT2D eigenvalue weighted by molar-refractivity contribution is 7.65. The first kappa shape index (κ1) is 7.56. The predicted octanol–water partition coefficient (Wildman–Crippen LogP) is 0.897. The van der Waals surface area contributed by atoms with Crippen LogP contribution in [0.3, 0.4) is 0 Å². The standard InChI is InChI=1S/C8H9N4OP/c9-8-10-7(6-4-2-1-3-5-6)11-12(8)14(10,11)13/h1-5,7-8H,9H2. The third kappa shape index (κ3) is 0.535. The van der Waals surface area contributed by atoms with Gasteiger partial charge in [-0.2, -0.15) is 4.67 Å². The van der Waals surface area contributed by atoms with E-state index in [0.717, 1.165) is 5.56 Å². The van der Waals surface area contributed by atoms with Crippen LogP contribution in [0, 0.1) is 0 Å². The fraction of sp³-hybridized carbons (Fsp3) is 0.250. The summed E-state index contributed by atoms with van der Waals surface area (Å²) in [5.41, 5.74) is 6.96. The molecule has 6 heteroatoms. The average molecular weight is 208 g/mol. The van der Waals surface area contributed by atoms with Crippen molar-refractivity contribution in [1.82, 2.24) is 14.2 Å². The summed E-state index contributed by atoms with van der Waals surface area (Å²) in [5.74, 6) is 0. The lowest BCUT2D eigenvalue weighted by Gasteiger charge is -2.40. The van der Waals surface area contributed by atoms with Crippen molar-refractivity contribution < 1.29 is 4.57 Å². The summed E-state index contributed by atoms with van der Waals surface area (Å²) in [6, 6.07) is 10.0. The van der Waals surface area contributed by atoms with Gasteiger partial charge in [0.2, 0.25) is 0 Å². The van der Waals surface area contributed by atoms with E-state index in [1.807, 2.05) is 39.8 Å². The highest BCUT2D eigenvalue weighted by atomic mass is 31.2. The molecule has 5 atom stereocenters. The molecule has 72 valence electrons. The summed E-state index contributed by atoms with van der Waals surface area (Å²) in [6.45, 7) is 0. The van der Waals surface area contributed by atoms with E-state index in [1.54, 1.807) is 4.78 Å². The molecule has 5 nitrogen and oxygen atoms in total. The highest BCUT2D eigenvalue weighted by Crippen LogP contribution is 2.94. The average Bonchev–Trinajstić information content (AvgIpc) is 2.54. The number of hydrogen-bond donors (Lipinski definition) is 1. The topological polar surface area (TPSA) is 52.3 Å². The van der Waals surface area contributed by atoms with E-state index in [4.69, 9.17) is 5.73 Å². The Balaban J connectivity index is 1.76. The first-order chi connectivity index (χ1) is 6.76. The lowest BCUT2D eigenvalue weighted by atomic mass is 10.2. The molecule has 1 aromatic carbocycles. The predicted molar refractivity (Wildman–Crippen MR) is 50.3 cm³/mol. The fourth-order valence-electron chi connectivity index (χ4n) is 2.41. The summed E-state index contributed by atoms with van der Waals surface area (Å²) >= 11 is 0. The van der Waals surface area contributed by atoms with E-state index in [2.05, 4.69) is 0 Å². The van der Waals surface area contributed by atoms with E-state index >= 15 is 0 Å². The monoisotopic (exact) mass is 208 g/mol. The number of hydrogen-bond acceptors (Lipinski definition) is 2. The number of nitrogens with two attached hydrogens (primary N) is 1. The maximum absolute atomic E-state index is 11.8. The lowest BCUT2D eigenvalue weighted by Crippen LogP contribution is -2.50. The first-order valence-corrected chi connectivity index (χ1v) is 6.11. The summed E-state index contributed by atoms with van der Waals surface area (Å²) in [6.07, 6.45) is -0.0388. The van der Waals surface area contributed by atoms with Gasteiger partial charge in [-0.25, -0.2) is 0 Å². The van der Waals surface area contributed by atoms with Crippen LogP contribution in [0.5, 0.6) is 0 Å². The zero-order valence-corrected chi connectivity index (χ0v) is 8.21. The molecule has 3 saturated heterocycles. The van der Waals surface area contributed by atoms with Crippen molar-refractivity contribution in [2.24, 2.45) is 5.73 Å². The molecule has 3 heterocycles. The molecule has 0 radical (unpaired) electrons. The van der Waals surface area contributed by atoms with Crippen LogP contribution in [-0.2, 0) is 4.57 Å². The van der Waals surface area contributed by atoms with Crippen molar-refractivity contribution >= 4 is 7.59 Å². The quantitative estimate of drug-likeness (QED) is 0.548. The fourth-order valence-corrected chi connectivity index (χ4v) is 5.21. The maximum atomic E-state index is 11.8. The van der Waals surface area contributed by atoms with E-state index in [9.17, 15) is 4.57 Å². The van der Waals surface area contributed by atoms with Crippen molar-refractivity contribution in [3.8, 4) is 0 Å². The van der Waals surface area contributed by atoms with Crippen molar-refractivity contribution in [3.05, 3.63) is 35.9 Å². The van der Waals surface area contributed by atoms with E-state index in [0.29, 0.717) is 0 Å². The molecule has 5 unspecified atom stereocenters. The minimum Gasteiger partial charge on any atom is -0.301 e. The molecule has 4 rings (SSSR count). The third-order valence-corrected chi connectivity index (χ3v) is 5.89. The first-order valence-electron chi connectivity index (χ1n) is 4.55. The zero-order valence-electron chi connectivity index (χ0n) is 7.32. The van der Waals surface area contributed by atoms with Gasteiger partial charge in [0, 0.05) is 0 Å². The van der Waals surface area contributed by atoms with Gasteiger partial charge < -0.3 is 5.73 Å². The molecular formula is C8H9N4OP. The van der Waals surface area contributed by atoms with Gasteiger partial charge in [0.15, 0.2) is 0 Å². The van der Waals surface area contributed by atoms with Gasteiger partial charge in [0.25, 0.3) is 0 Å². The summed E-state index contributed by atoms with van der Waals surface area (Å²) in [7, 11) is -2.20. The van der Waals surface area contributed by atoms with Crippen LogP contribution in [0.1, 0.15) is 11.7 Å². The summed E-state index contributed by atoms with van der Waals surface area (Å²) in [4.78, 5) is 0. The summed E-state index contributed by atoms with van der Waals surface area (Å²) in [5, 5.41) is 0. The van der Waals surface area contributed by atoms with Crippen LogP contribution in [0.4, 0.5) is 0 Å².